The fraction of sp³-hybridized carbons (Fsp3) is 0.333. The lowest BCUT2D eigenvalue weighted by Gasteiger charge is -2.19. The van der Waals surface area contributed by atoms with Crippen LogP contribution in [-0.2, 0) is 24.3 Å². The number of benzene rings is 2. The highest BCUT2D eigenvalue weighted by atomic mass is 32.2. The van der Waals surface area contributed by atoms with Gasteiger partial charge in [-0.1, -0.05) is 43.3 Å². The average molecular weight is 419 g/mol. The predicted octanol–water partition coefficient (Wildman–Crippen LogP) is 3.00. The summed E-state index contributed by atoms with van der Waals surface area (Å²) in [6.45, 7) is 3.35. The van der Waals surface area contributed by atoms with Gasteiger partial charge < -0.3 is 10.1 Å². The van der Waals surface area contributed by atoms with Crippen molar-refractivity contribution in [1.82, 2.24) is 4.31 Å². The van der Waals surface area contributed by atoms with Crippen LogP contribution in [0.2, 0.25) is 0 Å². The molecule has 2 aromatic rings. The predicted molar refractivity (Wildman–Crippen MR) is 111 cm³/mol. The molecular formula is C21H26N2O5S. The first-order valence-corrected chi connectivity index (χ1v) is 10.7. The van der Waals surface area contributed by atoms with Gasteiger partial charge in [0, 0.05) is 19.8 Å². The van der Waals surface area contributed by atoms with Crippen LogP contribution < -0.4 is 5.32 Å². The van der Waals surface area contributed by atoms with Crippen LogP contribution in [0.1, 0.15) is 31.7 Å². The van der Waals surface area contributed by atoms with Gasteiger partial charge >= 0.3 is 5.97 Å². The van der Waals surface area contributed by atoms with Crippen LogP contribution in [-0.4, -0.2) is 44.8 Å². The molecule has 0 radical (unpaired) electrons. The van der Waals surface area contributed by atoms with Crippen LogP contribution in [0.15, 0.2) is 59.5 Å². The quantitative estimate of drug-likeness (QED) is 0.665. The summed E-state index contributed by atoms with van der Waals surface area (Å²) in [7, 11) is -0.764. The van der Waals surface area contributed by atoms with Crippen molar-refractivity contribution in [2.24, 2.45) is 0 Å². The summed E-state index contributed by atoms with van der Waals surface area (Å²) in [5, 5.41) is 2.60. The molecule has 2 atom stereocenters. The van der Waals surface area contributed by atoms with Gasteiger partial charge in [0.25, 0.3) is 5.91 Å². The second kappa shape index (κ2) is 9.67. The van der Waals surface area contributed by atoms with E-state index in [1.807, 2.05) is 37.3 Å². The summed E-state index contributed by atoms with van der Waals surface area (Å²) < 4.78 is 30.9. The summed E-state index contributed by atoms with van der Waals surface area (Å²) >= 11 is 0. The van der Waals surface area contributed by atoms with E-state index in [0.29, 0.717) is 12.1 Å². The number of sulfonamides is 1. The molecule has 0 saturated carbocycles. The van der Waals surface area contributed by atoms with E-state index in [-0.39, 0.29) is 4.90 Å². The molecule has 0 heterocycles. The second-order valence-corrected chi connectivity index (χ2v) is 8.91. The standard InChI is InChI=1S/C21H26N2O5S/c1-5-19(16-10-7-6-8-11-16)21(25)28-15(2)20(24)22-17-12-9-13-18(14-17)29(26,27)23(3)4/h6-15,19H,5H2,1-4H3,(H,22,24)/t15-,19-/m0/s1. The van der Waals surface area contributed by atoms with E-state index in [1.165, 1.54) is 39.2 Å². The first-order valence-electron chi connectivity index (χ1n) is 9.25. The highest BCUT2D eigenvalue weighted by Crippen LogP contribution is 2.22. The van der Waals surface area contributed by atoms with Crippen molar-refractivity contribution >= 4 is 27.6 Å². The molecule has 0 fully saturated rings. The van der Waals surface area contributed by atoms with Crippen molar-refractivity contribution < 1.29 is 22.7 Å². The van der Waals surface area contributed by atoms with Gasteiger partial charge in [-0.05, 0) is 37.1 Å². The minimum absolute atomic E-state index is 0.0556. The van der Waals surface area contributed by atoms with Gasteiger partial charge in [0.1, 0.15) is 0 Å². The van der Waals surface area contributed by atoms with Crippen LogP contribution in [0, 0.1) is 0 Å². The highest BCUT2D eigenvalue weighted by molar-refractivity contribution is 7.89. The fourth-order valence-corrected chi connectivity index (χ4v) is 3.67. The SMILES string of the molecule is CC[C@H](C(=O)O[C@@H](C)C(=O)Nc1cccc(S(=O)(=O)N(C)C)c1)c1ccccc1. The number of ether oxygens (including phenoxy) is 1. The number of anilines is 1. The van der Waals surface area contributed by atoms with E-state index in [0.717, 1.165) is 9.87 Å². The third-order valence-electron chi connectivity index (χ3n) is 4.44. The van der Waals surface area contributed by atoms with E-state index < -0.39 is 33.9 Å². The second-order valence-electron chi connectivity index (χ2n) is 6.76. The molecule has 2 aromatic carbocycles. The molecule has 0 aliphatic heterocycles. The zero-order valence-electron chi connectivity index (χ0n) is 17.0. The van der Waals surface area contributed by atoms with Crippen molar-refractivity contribution in [3.63, 3.8) is 0 Å². The minimum Gasteiger partial charge on any atom is -0.452 e. The summed E-state index contributed by atoms with van der Waals surface area (Å²) in [4.78, 5) is 25.0. The Hall–Kier alpha value is -2.71. The summed E-state index contributed by atoms with van der Waals surface area (Å²) in [5.74, 6) is -1.48. The third kappa shape index (κ3) is 5.65. The monoisotopic (exact) mass is 418 g/mol. The van der Waals surface area contributed by atoms with Crippen molar-refractivity contribution in [3.05, 3.63) is 60.2 Å². The topological polar surface area (TPSA) is 92.8 Å². The van der Waals surface area contributed by atoms with Crippen molar-refractivity contribution in [2.45, 2.75) is 37.2 Å². The van der Waals surface area contributed by atoms with Gasteiger partial charge in [-0.2, -0.15) is 0 Å². The Bertz CT molecular complexity index is 958. The smallest absolute Gasteiger partial charge is 0.314 e. The molecule has 0 saturated heterocycles. The maximum absolute atomic E-state index is 12.5. The number of hydrogen-bond donors (Lipinski definition) is 1. The molecule has 8 heteroatoms. The minimum atomic E-state index is -3.62. The highest BCUT2D eigenvalue weighted by Gasteiger charge is 2.25. The number of rotatable bonds is 8. The van der Waals surface area contributed by atoms with E-state index in [9.17, 15) is 18.0 Å². The van der Waals surface area contributed by atoms with Crippen LogP contribution in [0.5, 0.6) is 0 Å². The maximum Gasteiger partial charge on any atom is 0.314 e. The lowest BCUT2D eigenvalue weighted by molar-refractivity contribution is -0.154. The molecular weight excluding hydrogens is 392 g/mol. The Labute approximate surface area is 171 Å². The molecule has 2 rings (SSSR count). The van der Waals surface area contributed by atoms with Crippen LogP contribution in [0.3, 0.4) is 0 Å². The molecule has 0 aliphatic rings. The largest absolute Gasteiger partial charge is 0.452 e. The number of hydrogen-bond acceptors (Lipinski definition) is 5. The maximum atomic E-state index is 12.5. The van der Waals surface area contributed by atoms with Gasteiger partial charge in [0.15, 0.2) is 6.10 Å². The Kier molecular flexibility index (Phi) is 7.53. The number of esters is 1. The summed E-state index contributed by atoms with van der Waals surface area (Å²) in [6, 6.07) is 15.1. The number of nitrogens with one attached hydrogen (secondary N) is 1. The molecule has 0 spiro atoms. The van der Waals surface area contributed by atoms with Crippen molar-refractivity contribution in [1.29, 1.82) is 0 Å². The van der Waals surface area contributed by atoms with E-state index in [1.54, 1.807) is 6.07 Å². The Morgan fingerprint density at radius 3 is 2.31 bits per heavy atom. The molecule has 0 aromatic heterocycles. The molecule has 0 aliphatic carbocycles. The van der Waals surface area contributed by atoms with Crippen molar-refractivity contribution in [3.8, 4) is 0 Å². The lowest BCUT2D eigenvalue weighted by Crippen LogP contribution is -2.32. The molecule has 0 unspecified atom stereocenters. The van der Waals surface area contributed by atoms with Gasteiger partial charge in [-0.3, -0.25) is 9.59 Å². The zero-order chi connectivity index (χ0) is 21.6. The molecule has 1 N–H and O–H groups in total. The number of carbonyl (C=O) groups excluding carboxylic acids is 2. The average Bonchev–Trinajstić information content (AvgIpc) is 2.69. The molecule has 1 amide bonds. The Morgan fingerprint density at radius 1 is 1.07 bits per heavy atom. The van der Waals surface area contributed by atoms with Crippen LogP contribution in [0.25, 0.3) is 0 Å². The first-order chi connectivity index (χ1) is 13.7. The third-order valence-corrected chi connectivity index (χ3v) is 6.25. The van der Waals surface area contributed by atoms with Gasteiger partial charge in [-0.25, -0.2) is 12.7 Å². The lowest BCUT2D eigenvalue weighted by atomic mass is 9.97. The molecule has 29 heavy (non-hydrogen) atoms. The fourth-order valence-electron chi connectivity index (χ4n) is 2.72. The van der Waals surface area contributed by atoms with E-state index >= 15 is 0 Å². The zero-order valence-corrected chi connectivity index (χ0v) is 17.8. The summed E-state index contributed by atoms with van der Waals surface area (Å²) in [6.07, 6.45) is -0.490. The molecule has 7 nitrogen and oxygen atoms in total. The van der Waals surface area contributed by atoms with Crippen LogP contribution >= 0.6 is 0 Å². The number of nitrogens with zero attached hydrogens (tertiary/aromatic N) is 1. The van der Waals surface area contributed by atoms with Crippen LogP contribution in [0.4, 0.5) is 5.69 Å². The summed E-state index contributed by atoms with van der Waals surface area (Å²) in [5.41, 5.74) is 1.13. The van der Waals surface area contributed by atoms with Gasteiger partial charge in [0.05, 0.1) is 10.8 Å². The normalized spacial score (nSPS) is 13.6. The van der Waals surface area contributed by atoms with E-state index in [2.05, 4.69) is 5.32 Å². The molecule has 156 valence electrons. The Balaban J connectivity index is 2.07. The number of carbonyl (C=O) groups is 2. The Morgan fingerprint density at radius 2 is 1.72 bits per heavy atom. The number of amides is 1. The molecule has 0 bridgehead atoms. The van der Waals surface area contributed by atoms with Crippen molar-refractivity contribution in [2.75, 3.05) is 19.4 Å². The first kappa shape index (κ1) is 22.6. The van der Waals surface area contributed by atoms with E-state index in [4.69, 9.17) is 4.74 Å². The van der Waals surface area contributed by atoms with Gasteiger partial charge in [0.2, 0.25) is 10.0 Å². The van der Waals surface area contributed by atoms with Gasteiger partial charge in [-0.15, -0.1) is 0 Å².